The van der Waals surface area contributed by atoms with E-state index >= 15 is 0 Å². The Labute approximate surface area is 246 Å². The van der Waals surface area contributed by atoms with E-state index in [0.717, 1.165) is 81.1 Å². The van der Waals surface area contributed by atoms with Crippen molar-refractivity contribution in [2.45, 2.75) is 58.8 Å². The lowest BCUT2D eigenvalue weighted by Gasteiger charge is -2.26. The van der Waals surface area contributed by atoms with Crippen LogP contribution < -0.4 is 14.8 Å². The maximum Gasteiger partial charge on any atom is 0.225 e. The summed E-state index contributed by atoms with van der Waals surface area (Å²) in [6.07, 6.45) is 8.49. The van der Waals surface area contributed by atoms with E-state index in [1.165, 1.54) is 17.5 Å². The van der Waals surface area contributed by atoms with Crippen molar-refractivity contribution >= 4 is 18.3 Å². The first-order valence-corrected chi connectivity index (χ1v) is 14.3. The monoisotopic (exact) mass is 570 g/mol. The molecular weight excluding hydrogens is 524 g/mol. The average molecular weight is 571 g/mol. The standard InChI is InChI=1S/C20H27N3O2.C12H19NO.ClH/c1-15-6-5-7-17(12-15)25-11-4-3-10-23(2)20(24)16-8-9-18-19(13-16)22-14-21-18;1-11-6-5-7-12(10-11)14-9-4-3-8-13-2;/h5-7,12,14,16H,3-4,8-11,13H2,1-2H3,(H,21,22);5-7,10,13H,3-4,8-9H2,1-2H3;1H. The molecule has 2 N–H and O–H groups in total. The minimum absolute atomic E-state index is 0. The lowest BCUT2D eigenvalue weighted by atomic mass is 9.89. The molecule has 0 spiro atoms. The van der Waals surface area contributed by atoms with E-state index in [4.69, 9.17) is 9.47 Å². The molecule has 8 heteroatoms. The zero-order chi connectivity index (χ0) is 27.9. The van der Waals surface area contributed by atoms with Crippen molar-refractivity contribution in [3.63, 3.8) is 0 Å². The number of hydrogen-bond donors (Lipinski definition) is 2. The van der Waals surface area contributed by atoms with Crippen molar-refractivity contribution < 1.29 is 14.3 Å². The number of nitrogens with zero attached hydrogens (tertiary/aromatic N) is 2. The van der Waals surface area contributed by atoms with Crippen molar-refractivity contribution in [3.8, 4) is 11.5 Å². The summed E-state index contributed by atoms with van der Waals surface area (Å²) in [7, 11) is 3.88. The molecule has 3 aromatic rings. The Balaban J connectivity index is 0.000000320. The fraction of sp³-hybridized carbons (Fsp3) is 0.500. The minimum Gasteiger partial charge on any atom is -0.494 e. The predicted molar refractivity (Wildman–Crippen MR) is 165 cm³/mol. The van der Waals surface area contributed by atoms with Crippen molar-refractivity contribution in [1.29, 1.82) is 0 Å². The smallest absolute Gasteiger partial charge is 0.225 e. The van der Waals surface area contributed by atoms with Crippen LogP contribution in [-0.4, -0.2) is 61.2 Å². The van der Waals surface area contributed by atoms with Gasteiger partial charge in [-0.15, -0.1) is 12.4 Å². The number of aromatic nitrogens is 2. The van der Waals surface area contributed by atoms with Gasteiger partial charge in [-0.3, -0.25) is 4.79 Å². The minimum atomic E-state index is 0. The molecule has 220 valence electrons. The van der Waals surface area contributed by atoms with Gasteiger partial charge in [0.25, 0.3) is 0 Å². The second kappa shape index (κ2) is 18.3. The summed E-state index contributed by atoms with van der Waals surface area (Å²) in [4.78, 5) is 22.0. The van der Waals surface area contributed by atoms with Crippen LogP contribution in [0.4, 0.5) is 0 Å². The molecular formula is C32H47ClN4O3. The summed E-state index contributed by atoms with van der Waals surface area (Å²) < 4.78 is 11.4. The Hall–Kier alpha value is -3.03. The average Bonchev–Trinajstić information content (AvgIpc) is 3.41. The van der Waals surface area contributed by atoms with Crippen LogP contribution in [0.5, 0.6) is 11.5 Å². The highest BCUT2D eigenvalue weighted by Gasteiger charge is 2.28. The van der Waals surface area contributed by atoms with Crippen molar-refractivity contribution in [1.82, 2.24) is 20.2 Å². The number of H-pyrrole nitrogens is 1. The number of imidazole rings is 1. The molecule has 4 rings (SSSR count). The maximum absolute atomic E-state index is 12.6. The molecule has 1 aromatic heterocycles. The third kappa shape index (κ3) is 11.6. The number of amides is 1. The van der Waals surface area contributed by atoms with Crippen molar-refractivity contribution in [2.75, 3.05) is 40.4 Å². The second-order valence-electron chi connectivity index (χ2n) is 10.4. The van der Waals surface area contributed by atoms with Gasteiger partial charge in [0.2, 0.25) is 5.91 Å². The van der Waals surface area contributed by atoms with Crippen LogP contribution in [0.2, 0.25) is 0 Å². The quantitative estimate of drug-likeness (QED) is 0.249. The molecule has 1 aliphatic rings. The number of rotatable bonds is 13. The third-order valence-electron chi connectivity index (χ3n) is 6.94. The van der Waals surface area contributed by atoms with Crippen molar-refractivity contribution in [2.24, 2.45) is 5.92 Å². The summed E-state index contributed by atoms with van der Waals surface area (Å²) in [6.45, 7) is 7.48. The largest absolute Gasteiger partial charge is 0.494 e. The van der Waals surface area contributed by atoms with Gasteiger partial charge in [0, 0.05) is 31.6 Å². The van der Waals surface area contributed by atoms with E-state index in [9.17, 15) is 4.79 Å². The van der Waals surface area contributed by atoms with Crippen LogP contribution in [0, 0.1) is 19.8 Å². The lowest BCUT2D eigenvalue weighted by molar-refractivity contribution is -0.134. The Morgan fingerprint density at radius 2 is 1.62 bits per heavy atom. The van der Waals surface area contributed by atoms with Crippen LogP contribution in [0.3, 0.4) is 0 Å². The van der Waals surface area contributed by atoms with Gasteiger partial charge in [-0.1, -0.05) is 24.3 Å². The van der Waals surface area contributed by atoms with Crippen LogP contribution in [0.1, 0.15) is 54.6 Å². The molecule has 0 fully saturated rings. The molecule has 2 aromatic carbocycles. The zero-order valence-corrected chi connectivity index (χ0v) is 25.4. The number of unbranched alkanes of at least 4 members (excludes halogenated alkanes) is 2. The number of carbonyl (C=O) groups is 1. The SMILES string of the molecule is CNCCCCOc1cccc(C)c1.Cc1cccc(OCCCCN(C)C(=O)C2CCc3nc[nH]c3C2)c1.Cl. The number of hydrogen-bond acceptors (Lipinski definition) is 5. The van der Waals surface area contributed by atoms with Crippen LogP contribution in [0.25, 0.3) is 0 Å². The van der Waals surface area contributed by atoms with Gasteiger partial charge >= 0.3 is 0 Å². The molecule has 7 nitrogen and oxygen atoms in total. The molecule has 1 heterocycles. The van der Waals surface area contributed by atoms with Gasteiger partial charge in [-0.2, -0.15) is 0 Å². The first-order chi connectivity index (χ1) is 19.0. The molecule has 0 saturated carbocycles. The number of aromatic amines is 1. The summed E-state index contributed by atoms with van der Waals surface area (Å²) in [5, 5.41) is 3.12. The number of benzene rings is 2. The molecule has 40 heavy (non-hydrogen) atoms. The lowest BCUT2D eigenvalue weighted by Crippen LogP contribution is -2.36. The summed E-state index contributed by atoms with van der Waals surface area (Å²) in [6, 6.07) is 16.3. The number of halogens is 1. The van der Waals surface area contributed by atoms with Gasteiger partial charge in [0.15, 0.2) is 0 Å². The van der Waals surface area contributed by atoms with Crippen molar-refractivity contribution in [3.05, 3.63) is 77.4 Å². The van der Waals surface area contributed by atoms with E-state index in [2.05, 4.69) is 47.3 Å². The van der Waals surface area contributed by atoms with E-state index < -0.39 is 0 Å². The molecule has 0 aliphatic heterocycles. The predicted octanol–water partition coefficient (Wildman–Crippen LogP) is 5.94. The number of aryl methyl sites for hydroxylation is 3. The Bertz CT molecular complexity index is 1140. The van der Waals surface area contributed by atoms with Crippen LogP contribution in [0.15, 0.2) is 54.9 Å². The van der Waals surface area contributed by atoms with Gasteiger partial charge in [-0.25, -0.2) is 4.98 Å². The molecule has 1 amide bonds. The van der Waals surface area contributed by atoms with Gasteiger partial charge in [0.1, 0.15) is 11.5 Å². The summed E-state index contributed by atoms with van der Waals surface area (Å²) in [5.74, 6) is 2.23. The first kappa shape index (κ1) is 33.2. The summed E-state index contributed by atoms with van der Waals surface area (Å²) in [5.41, 5.74) is 4.71. The van der Waals surface area contributed by atoms with E-state index in [1.807, 2.05) is 49.3 Å². The maximum atomic E-state index is 12.6. The normalized spacial score (nSPS) is 13.8. The number of carbonyl (C=O) groups excluding carboxylic acids is 1. The molecule has 1 atom stereocenters. The Morgan fingerprint density at radius 1 is 1.00 bits per heavy atom. The molecule has 1 aliphatic carbocycles. The Kier molecular flexibility index (Phi) is 15.2. The van der Waals surface area contributed by atoms with E-state index in [-0.39, 0.29) is 24.2 Å². The fourth-order valence-electron chi connectivity index (χ4n) is 4.68. The van der Waals surface area contributed by atoms with E-state index in [0.29, 0.717) is 6.61 Å². The van der Waals surface area contributed by atoms with E-state index in [1.54, 1.807) is 6.33 Å². The third-order valence-corrected chi connectivity index (χ3v) is 6.94. The first-order valence-electron chi connectivity index (χ1n) is 14.3. The second-order valence-corrected chi connectivity index (χ2v) is 10.4. The molecule has 0 bridgehead atoms. The van der Waals surface area contributed by atoms with Gasteiger partial charge in [0.05, 0.1) is 25.2 Å². The highest BCUT2D eigenvalue weighted by atomic mass is 35.5. The van der Waals surface area contributed by atoms with Gasteiger partial charge in [-0.05, 0) is 101 Å². The number of fused-ring (bicyclic) bond motifs is 1. The molecule has 0 saturated heterocycles. The highest BCUT2D eigenvalue weighted by molar-refractivity contribution is 5.85. The highest BCUT2D eigenvalue weighted by Crippen LogP contribution is 2.24. The molecule has 1 unspecified atom stereocenters. The summed E-state index contributed by atoms with van der Waals surface area (Å²) >= 11 is 0. The zero-order valence-electron chi connectivity index (χ0n) is 24.6. The fourth-order valence-corrected chi connectivity index (χ4v) is 4.68. The van der Waals surface area contributed by atoms with Crippen LogP contribution >= 0.6 is 12.4 Å². The van der Waals surface area contributed by atoms with Gasteiger partial charge < -0.3 is 24.7 Å². The molecule has 0 radical (unpaired) electrons. The number of ether oxygens (including phenoxy) is 2. The Morgan fingerprint density at radius 3 is 2.23 bits per heavy atom. The van der Waals surface area contributed by atoms with Crippen LogP contribution in [-0.2, 0) is 17.6 Å². The number of nitrogens with one attached hydrogen (secondary N) is 2. The topological polar surface area (TPSA) is 79.5 Å².